The summed E-state index contributed by atoms with van der Waals surface area (Å²) in [6.07, 6.45) is 3.85. The van der Waals surface area contributed by atoms with E-state index in [1.807, 2.05) is 0 Å². The van der Waals surface area contributed by atoms with Crippen LogP contribution in [0.1, 0.15) is 28.4 Å². The molecule has 0 saturated carbocycles. The van der Waals surface area contributed by atoms with E-state index in [0.29, 0.717) is 17.7 Å². The molecule has 1 fully saturated rings. The van der Waals surface area contributed by atoms with E-state index in [4.69, 9.17) is 9.84 Å². The zero-order valence-corrected chi connectivity index (χ0v) is 6.93. The second-order valence-corrected chi connectivity index (χ2v) is 2.92. The molecule has 4 nitrogen and oxygen atoms in total. The highest BCUT2D eigenvalue weighted by molar-refractivity contribution is 5.89. The summed E-state index contributed by atoms with van der Waals surface area (Å²) in [6, 6.07) is 1.50. The normalized spacial score (nSPS) is 20.8. The molecular weight excluding hydrogens is 170 g/mol. The van der Waals surface area contributed by atoms with Crippen LogP contribution in [-0.2, 0) is 4.74 Å². The second kappa shape index (κ2) is 3.14. The largest absolute Gasteiger partial charge is 0.478 e. The van der Waals surface area contributed by atoms with Gasteiger partial charge in [-0.25, -0.2) is 4.79 Å². The van der Waals surface area contributed by atoms with Gasteiger partial charge in [-0.3, -0.25) is 4.98 Å². The number of carboxylic acids is 1. The van der Waals surface area contributed by atoms with Crippen LogP contribution < -0.4 is 0 Å². The highest BCUT2D eigenvalue weighted by atomic mass is 16.5. The third kappa shape index (κ3) is 1.40. The Hall–Kier alpha value is -1.42. The standard InChI is InChI=1S/C9H9NO3/c11-9(12)6-1-3-10-5-7(6)8-2-4-13-8/h1,3,5,8H,2,4H2,(H,11,12). The maximum Gasteiger partial charge on any atom is 0.336 e. The van der Waals surface area contributed by atoms with E-state index >= 15 is 0 Å². The summed E-state index contributed by atoms with van der Waals surface area (Å²) in [4.78, 5) is 14.7. The quantitative estimate of drug-likeness (QED) is 0.742. The van der Waals surface area contributed by atoms with Crippen LogP contribution in [0.3, 0.4) is 0 Å². The molecule has 1 unspecified atom stereocenters. The van der Waals surface area contributed by atoms with Crippen LogP contribution in [0.25, 0.3) is 0 Å². The fourth-order valence-corrected chi connectivity index (χ4v) is 1.34. The van der Waals surface area contributed by atoms with Crippen LogP contribution in [0.15, 0.2) is 18.5 Å². The van der Waals surface area contributed by atoms with Gasteiger partial charge in [-0.2, -0.15) is 0 Å². The molecule has 2 rings (SSSR count). The van der Waals surface area contributed by atoms with Crippen molar-refractivity contribution in [3.8, 4) is 0 Å². The predicted molar refractivity (Wildman–Crippen MR) is 44.5 cm³/mol. The average molecular weight is 179 g/mol. The van der Waals surface area contributed by atoms with Gasteiger partial charge in [0.25, 0.3) is 0 Å². The molecule has 0 bridgehead atoms. The lowest BCUT2D eigenvalue weighted by Crippen LogP contribution is -2.21. The van der Waals surface area contributed by atoms with Crippen LogP contribution in [0.5, 0.6) is 0 Å². The van der Waals surface area contributed by atoms with Gasteiger partial charge in [0.15, 0.2) is 0 Å². The minimum atomic E-state index is -0.923. The average Bonchev–Trinajstić information content (AvgIpc) is 2.02. The van der Waals surface area contributed by atoms with Gasteiger partial charge in [-0.1, -0.05) is 0 Å². The third-order valence-electron chi connectivity index (χ3n) is 2.13. The fourth-order valence-electron chi connectivity index (χ4n) is 1.34. The van der Waals surface area contributed by atoms with E-state index in [9.17, 15) is 4.79 Å². The van der Waals surface area contributed by atoms with E-state index in [0.717, 1.165) is 6.42 Å². The van der Waals surface area contributed by atoms with Gasteiger partial charge >= 0.3 is 5.97 Å². The molecule has 1 saturated heterocycles. The third-order valence-corrected chi connectivity index (χ3v) is 2.13. The van der Waals surface area contributed by atoms with Gasteiger partial charge in [0, 0.05) is 24.4 Å². The van der Waals surface area contributed by atoms with Gasteiger partial charge in [0.2, 0.25) is 0 Å². The molecule has 0 amide bonds. The van der Waals surface area contributed by atoms with Crippen molar-refractivity contribution in [1.82, 2.24) is 4.98 Å². The van der Waals surface area contributed by atoms with Crippen molar-refractivity contribution >= 4 is 5.97 Å². The molecule has 1 aromatic rings. The number of carbonyl (C=O) groups is 1. The number of pyridine rings is 1. The summed E-state index contributed by atoms with van der Waals surface area (Å²) in [5.74, 6) is -0.923. The van der Waals surface area contributed by atoms with Crippen molar-refractivity contribution in [3.05, 3.63) is 29.6 Å². The molecule has 68 valence electrons. The van der Waals surface area contributed by atoms with E-state index in [2.05, 4.69) is 4.98 Å². The van der Waals surface area contributed by atoms with Gasteiger partial charge in [0.05, 0.1) is 18.3 Å². The van der Waals surface area contributed by atoms with Crippen molar-refractivity contribution in [2.24, 2.45) is 0 Å². The Kier molecular flexibility index (Phi) is 1.98. The van der Waals surface area contributed by atoms with Crippen LogP contribution in [-0.4, -0.2) is 22.7 Å². The molecule has 0 aromatic carbocycles. The number of nitrogens with zero attached hydrogens (tertiary/aromatic N) is 1. The lowest BCUT2D eigenvalue weighted by molar-refractivity contribution is -0.0534. The molecule has 0 aliphatic carbocycles. The van der Waals surface area contributed by atoms with Crippen molar-refractivity contribution in [1.29, 1.82) is 0 Å². The molecule has 2 heterocycles. The maximum absolute atomic E-state index is 10.8. The van der Waals surface area contributed by atoms with Crippen molar-refractivity contribution in [3.63, 3.8) is 0 Å². The van der Waals surface area contributed by atoms with E-state index in [1.54, 1.807) is 6.20 Å². The Labute approximate surface area is 75.2 Å². The smallest absolute Gasteiger partial charge is 0.336 e. The van der Waals surface area contributed by atoms with Crippen molar-refractivity contribution in [2.45, 2.75) is 12.5 Å². The first-order valence-electron chi connectivity index (χ1n) is 4.08. The van der Waals surface area contributed by atoms with E-state index in [-0.39, 0.29) is 6.10 Å². The molecule has 1 aliphatic heterocycles. The Bertz CT molecular complexity index is 333. The number of aromatic nitrogens is 1. The molecule has 1 aliphatic rings. The first kappa shape index (κ1) is 8.19. The van der Waals surface area contributed by atoms with Crippen LogP contribution in [0.4, 0.5) is 0 Å². The lowest BCUT2D eigenvalue weighted by atomic mass is 10.0. The molecule has 1 atom stereocenters. The second-order valence-electron chi connectivity index (χ2n) is 2.92. The maximum atomic E-state index is 10.8. The van der Waals surface area contributed by atoms with Gasteiger partial charge in [-0.05, 0) is 6.07 Å². The topological polar surface area (TPSA) is 59.4 Å². The number of hydrogen-bond acceptors (Lipinski definition) is 3. The molecular formula is C9H9NO3. The monoisotopic (exact) mass is 179 g/mol. The van der Waals surface area contributed by atoms with Crippen LogP contribution in [0.2, 0.25) is 0 Å². The number of ether oxygens (including phenoxy) is 1. The molecule has 4 heteroatoms. The summed E-state index contributed by atoms with van der Waals surface area (Å²) in [5.41, 5.74) is 0.973. The van der Waals surface area contributed by atoms with Gasteiger partial charge in [0.1, 0.15) is 0 Å². The molecule has 1 N–H and O–H groups in total. The SMILES string of the molecule is O=C(O)c1ccncc1C1CCO1. The summed E-state index contributed by atoms with van der Waals surface area (Å²) in [6.45, 7) is 0.707. The zero-order chi connectivity index (χ0) is 9.26. The van der Waals surface area contributed by atoms with Crippen molar-refractivity contribution < 1.29 is 14.6 Å². The lowest BCUT2D eigenvalue weighted by Gasteiger charge is -2.27. The number of aromatic carboxylic acids is 1. The molecule has 0 radical (unpaired) electrons. The predicted octanol–water partition coefficient (Wildman–Crippen LogP) is 1.24. The number of hydrogen-bond donors (Lipinski definition) is 1. The van der Waals surface area contributed by atoms with E-state index in [1.165, 1.54) is 12.3 Å². The van der Waals surface area contributed by atoms with Gasteiger partial charge < -0.3 is 9.84 Å². The Balaban J connectivity index is 2.36. The summed E-state index contributed by atoms with van der Waals surface area (Å²) < 4.78 is 5.20. The molecule has 0 spiro atoms. The van der Waals surface area contributed by atoms with E-state index < -0.39 is 5.97 Å². The highest BCUT2D eigenvalue weighted by Crippen LogP contribution is 2.30. The summed E-state index contributed by atoms with van der Waals surface area (Å²) >= 11 is 0. The van der Waals surface area contributed by atoms with Crippen LogP contribution in [0, 0.1) is 0 Å². The Morgan fingerprint density at radius 2 is 2.46 bits per heavy atom. The zero-order valence-electron chi connectivity index (χ0n) is 6.93. The molecule has 1 aromatic heterocycles. The Morgan fingerprint density at radius 1 is 1.69 bits per heavy atom. The number of carboxylic acid groups (broad SMARTS) is 1. The number of rotatable bonds is 2. The molecule has 13 heavy (non-hydrogen) atoms. The fraction of sp³-hybridized carbons (Fsp3) is 0.333. The minimum absolute atomic E-state index is 0.0696. The van der Waals surface area contributed by atoms with Gasteiger partial charge in [-0.15, -0.1) is 0 Å². The first-order valence-corrected chi connectivity index (χ1v) is 4.08. The van der Waals surface area contributed by atoms with Crippen LogP contribution >= 0.6 is 0 Å². The first-order chi connectivity index (χ1) is 6.29. The van der Waals surface area contributed by atoms with Crippen molar-refractivity contribution in [2.75, 3.05) is 6.61 Å². The minimum Gasteiger partial charge on any atom is -0.478 e. The highest BCUT2D eigenvalue weighted by Gasteiger charge is 2.25. The summed E-state index contributed by atoms with van der Waals surface area (Å²) in [5, 5.41) is 8.85. The summed E-state index contributed by atoms with van der Waals surface area (Å²) in [7, 11) is 0. The Morgan fingerprint density at radius 3 is 3.00 bits per heavy atom.